The van der Waals surface area contributed by atoms with Crippen LogP contribution in [0.4, 0.5) is 22.1 Å². The Bertz CT molecular complexity index is 1640. The van der Waals surface area contributed by atoms with E-state index in [0.29, 0.717) is 44.4 Å². The number of anilines is 3. The van der Waals surface area contributed by atoms with Gasteiger partial charge < -0.3 is 25.0 Å². The fourth-order valence-corrected chi connectivity index (χ4v) is 5.08. The monoisotopic (exact) mass is 596 g/mol. The first kappa shape index (κ1) is 30.7. The van der Waals surface area contributed by atoms with Crippen LogP contribution in [-0.2, 0) is 9.53 Å². The smallest absolute Gasteiger partial charge is 0.410 e. The number of carbonyl (C=O) groups is 2. The number of aromatic nitrogens is 2. The Morgan fingerprint density at radius 2 is 1.70 bits per heavy atom. The van der Waals surface area contributed by atoms with Gasteiger partial charge in [0.25, 0.3) is 0 Å². The van der Waals surface area contributed by atoms with Gasteiger partial charge in [-0.05, 0) is 58.4 Å². The quantitative estimate of drug-likeness (QED) is 0.246. The highest BCUT2D eigenvalue weighted by molar-refractivity contribution is 5.96. The summed E-state index contributed by atoms with van der Waals surface area (Å²) in [6.45, 7) is 12.5. The molecule has 5 rings (SSSR count). The summed E-state index contributed by atoms with van der Waals surface area (Å²) in [4.78, 5) is 38.5. The second-order valence-corrected chi connectivity index (χ2v) is 11.8. The summed E-state index contributed by atoms with van der Waals surface area (Å²) in [6, 6.07) is 19.7. The van der Waals surface area contributed by atoms with Crippen LogP contribution in [0, 0.1) is 6.92 Å². The zero-order valence-corrected chi connectivity index (χ0v) is 26.0. The molecule has 3 aromatic carbocycles. The molecular formula is C34H40N6O4. The van der Waals surface area contributed by atoms with Gasteiger partial charge in [-0.2, -0.15) is 0 Å². The summed E-state index contributed by atoms with van der Waals surface area (Å²) in [5.74, 6) is 1.14. The Balaban J connectivity index is 1.25. The molecule has 0 spiro atoms. The number of amides is 2. The molecule has 2 N–H and O–H groups in total. The summed E-state index contributed by atoms with van der Waals surface area (Å²) >= 11 is 0. The predicted molar refractivity (Wildman–Crippen MR) is 173 cm³/mol. The lowest BCUT2D eigenvalue weighted by Crippen LogP contribution is -2.51. The third kappa shape index (κ3) is 7.62. The molecule has 0 aliphatic carbocycles. The van der Waals surface area contributed by atoms with Crippen LogP contribution in [-0.4, -0.2) is 76.7 Å². The number of piperazine rings is 1. The van der Waals surface area contributed by atoms with Gasteiger partial charge in [0.1, 0.15) is 11.4 Å². The number of rotatable bonds is 8. The van der Waals surface area contributed by atoms with Gasteiger partial charge in [0.2, 0.25) is 11.9 Å². The van der Waals surface area contributed by atoms with Crippen molar-refractivity contribution in [2.24, 2.45) is 0 Å². The largest absolute Gasteiger partial charge is 0.493 e. The molecule has 1 aliphatic heterocycles. The van der Waals surface area contributed by atoms with Crippen LogP contribution in [0.5, 0.6) is 5.75 Å². The van der Waals surface area contributed by atoms with Crippen LogP contribution in [0.25, 0.3) is 22.0 Å². The van der Waals surface area contributed by atoms with Crippen molar-refractivity contribution in [1.82, 2.24) is 19.8 Å². The number of hydrogen-bond acceptors (Lipinski definition) is 8. The average Bonchev–Trinajstić information content (AvgIpc) is 2.98. The first-order valence-corrected chi connectivity index (χ1v) is 15.0. The topological polar surface area (TPSA) is 109 Å². The molecule has 0 bridgehead atoms. The van der Waals surface area contributed by atoms with Crippen molar-refractivity contribution in [3.63, 3.8) is 0 Å². The number of aryl methyl sites for hydroxylation is 1. The third-order valence-electron chi connectivity index (χ3n) is 7.25. The molecule has 1 fully saturated rings. The highest BCUT2D eigenvalue weighted by atomic mass is 16.6. The molecule has 0 radical (unpaired) electrons. The van der Waals surface area contributed by atoms with Crippen LogP contribution in [0.1, 0.15) is 33.3 Å². The number of nitrogens with one attached hydrogen (secondary N) is 2. The van der Waals surface area contributed by atoms with Gasteiger partial charge in [-0.15, -0.1) is 0 Å². The molecule has 10 heteroatoms. The van der Waals surface area contributed by atoms with E-state index in [0.717, 1.165) is 39.0 Å². The van der Waals surface area contributed by atoms with Gasteiger partial charge in [-0.25, -0.2) is 14.8 Å². The first-order chi connectivity index (χ1) is 21.1. The minimum Gasteiger partial charge on any atom is -0.493 e. The van der Waals surface area contributed by atoms with Gasteiger partial charge in [0.15, 0.2) is 0 Å². The third-order valence-corrected chi connectivity index (χ3v) is 7.25. The van der Waals surface area contributed by atoms with Crippen LogP contribution in [0.15, 0.2) is 66.9 Å². The van der Waals surface area contributed by atoms with E-state index >= 15 is 0 Å². The molecule has 0 atom stereocenters. The minimum absolute atomic E-state index is 0.115. The summed E-state index contributed by atoms with van der Waals surface area (Å²) in [5, 5.41) is 7.27. The van der Waals surface area contributed by atoms with E-state index in [1.165, 1.54) is 0 Å². The van der Waals surface area contributed by atoms with E-state index in [-0.39, 0.29) is 18.5 Å². The Hall–Kier alpha value is -4.70. The van der Waals surface area contributed by atoms with Crippen LogP contribution in [0.2, 0.25) is 0 Å². The normalized spacial score (nSPS) is 13.9. The second kappa shape index (κ2) is 13.3. The van der Waals surface area contributed by atoms with Crippen molar-refractivity contribution >= 4 is 40.2 Å². The molecule has 44 heavy (non-hydrogen) atoms. The molecular weight excluding hydrogens is 556 g/mol. The summed E-state index contributed by atoms with van der Waals surface area (Å²) in [7, 11) is 0. The van der Waals surface area contributed by atoms with Gasteiger partial charge in [0, 0.05) is 60.3 Å². The number of nitrogens with zero attached hydrogens (tertiary/aromatic N) is 4. The average molecular weight is 597 g/mol. The van der Waals surface area contributed by atoms with Crippen molar-refractivity contribution in [1.29, 1.82) is 0 Å². The molecule has 2 amide bonds. The molecule has 4 aromatic rings. The van der Waals surface area contributed by atoms with Crippen molar-refractivity contribution in [3.8, 4) is 16.9 Å². The van der Waals surface area contributed by atoms with E-state index in [9.17, 15) is 9.59 Å². The van der Waals surface area contributed by atoms with Crippen LogP contribution < -0.4 is 15.4 Å². The van der Waals surface area contributed by atoms with Crippen LogP contribution >= 0.6 is 0 Å². The summed E-state index contributed by atoms with van der Waals surface area (Å²) in [5.41, 5.74) is 4.60. The number of para-hydroxylation sites is 2. The highest BCUT2D eigenvalue weighted by Crippen LogP contribution is 2.34. The molecule has 0 saturated carbocycles. The van der Waals surface area contributed by atoms with Gasteiger partial charge >= 0.3 is 6.09 Å². The Kier molecular flexibility index (Phi) is 9.29. The maximum Gasteiger partial charge on any atom is 0.410 e. The summed E-state index contributed by atoms with van der Waals surface area (Å²) < 4.78 is 11.4. The predicted octanol–water partition coefficient (Wildman–Crippen LogP) is 6.24. The fourth-order valence-electron chi connectivity index (χ4n) is 5.08. The lowest BCUT2D eigenvalue weighted by Gasteiger charge is -2.35. The maximum atomic E-state index is 13.0. The van der Waals surface area contributed by atoms with Gasteiger partial charge in [0.05, 0.1) is 18.7 Å². The minimum atomic E-state index is -0.533. The van der Waals surface area contributed by atoms with E-state index in [4.69, 9.17) is 14.5 Å². The van der Waals surface area contributed by atoms with E-state index in [2.05, 4.69) is 15.6 Å². The van der Waals surface area contributed by atoms with E-state index in [1.807, 2.05) is 100 Å². The summed E-state index contributed by atoms with van der Waals surface area (Å²) in [6.07, 6.45) is 1.49. The Morgan fingerprint density at radius 1 is 0.955 bits per heavy atom. The van der Waals surface area contributed by atoms with Gasteiger partial charge in [-0.3, -0.25) is 9.69 Å². The SMILES string of the molecule is CCOc1ccccc1-c1cccc2cnc(Nc3ccc(C)c(NC(=O)CN4CCN(C(=O)OC(C)(C)C)CC4)c3)nc12. The molecule has 230 valence electrons. The zero-order chi connectivity index (χ0) is 31.3. The second-order valence-electron chi connectivity index (χ2n) is 11.8. The number of benzene rings is 3. The lowest BCUT2D eigenvalue weighted by atomic mass is 10.0. The number of carbonyl (C=O) groups excluding carboxylic acids is 2. The Labute approximate surface area is 258 Å². The molecule has 0 unspecified atom stereocenters. The van der Waals surface area contributed by atoms with Crippen molar-refractivity contribution < 1.29 is 19.1 Å². The number of ether oxygens (including phenoxy) is 2. The highest BCUT2D eigenvalue weighted by Gasteiger charge is 2.26. The van der Waals surface area contributed by atoms with E-state index < -0.39 is 5.60 Å². The molecule has 1 saturated heterocycles. The first-order valence-electron chi connectivity index (χ1n) is 15.0. The molecule has 1 aromatic heterocycles. The molecule has 2 heterocycles. The van der Waals surface area contributed by atoms with Crippen molar-refractivity contribution in [2.75, 3.05) is 50.0 Å². The lowest BCUT2D eigenvalue weighted by molar-refractivity contribution is -0.117. The number of fused-ring (bicyclic) bond motifs is 1. The Morgan fingerprint density at radius 3 is 2.45 bits per heavy atom. The number of hydrogen-bond donors (Lipinski definition) is 2. The van der Waals surface area contributed by atoms with Crippen LogP contribution in [0.3, 0.4) is 0 Å². The fraction of sp³-hybridized carbons (Fsp3) is 0.353. The maximum absolute atomic E-state index is 13.0. The molecule has 10 nitrogen and oxygen atoms in total. The standard InChI is InChI=1S/C34H40N6O4/c1-6-43-29-13-8-7-11-26(29)27-12-9-10-24-21-35-32(38-31(24)27)36-25-15-14-23(2)28(20-25)37-30(41)22-39-16-18-40(19-17-39)33(42)44-34(3,4)5/h7-15,20-21H,6,16-19,22H2,1-5H3,(H,37,41)(H,35,36,38). The molecule has 1 aliphatic rings. The van der Waals surface area contributed by atoms with E-state index in [1.54, 1.807) is 11.1 Å². The van der Waals surface area contributed by atoms with Crippen molar-refractivity contribution in [3.05, 3.63) is 72.4 Å². The zero-order valence-electron chi connectivity index (χ0n) is 26.0. The van der Waals surface area contributed by atoms with Gasteiger partial charge in [-0.1, -0.05) is 42.5 Å². The van der Waals surface area contributed by atoms with Crippen molar-refractivity contribution in [2.45, 2.75) is 40.2 Å².